The van der Waals surface area contributed by atoms with Crippen molar-refractivity contribution in [1.82, 2.24) is 14.5 Å². The third kappa shape index (κ3) is 8.31. The van der Waals surface area contributed by atoms with E-state index in [1.54, 1.807) is 0 Å². The van der Waals surface area contributed by atoms with Gasteiger partial charge in [0.05, 0.1) is 22.4 Å². The van der Waals surface area contributed by atoms with Crippen LogP contribution >= 0.6 is 0 Å². The third-order valence-corrected chi connectivity index (χ3v) is 14.1. The van der Waals surface area contributed by atoms with E-state index in [0.29, 0.717) is 11.8 Å². The van der Waals surface area contributed by atoms with Gasteiger partial charge in [-0.1, -0.05) is 87.2 Å². The number of para-hydroxylation sites is 4. The number of hydrogen-bond acceptors (Lipinski definition) is 3. The van der Waals surface area contributed by atoms with Crippen molar-refractivity contribution in [3.05, 3.63) is 144 Å². The molecule has 3 aromatic heterocycles. The normalized spacial score (nSPS) is 12.6. The van der Waals surface area contributed by atoms with Gasteiger partial charge in [-0.2, -0.15) is 0 Å². The Hall–Kier alpha value is -4.29. The minimum Gasteiger partial charge on any atom is 0 e. The van der Waals surface area contributed by atoms with Crippen LogP contribution in [0, 0.1) is 18.1 Å². The summed E-state index contributed by atoms with van der Waals surface area (Å²) in [6, 6.07) is 43.6. The molecule has 8 aromatic rings. The Morgan fingerprint density at radius 3 is 2.13 bits per heavy atom. The van der Waals surface area contributed by atoms with E-state index in [9.17, 15) is 0 Å². The van der Waals surface area contributed by atoms with Crippen molar-refractivity contribution >= 4 is 50.6 Å². The van der Waals surface area contributed by atoms with Gasteiger partial charge in [0, 0.05) is 31.2 Å². The molecule has 8 rings (SSSR count). The van der Waals surface area contributed by atoms with E-state index in [4.69, 9.17) is 12.1 Å². The van der Waals surface area contributed by atoms with Crippen molar-refractivity contribution in [2.75, 3.05) is 0 Å². The Kier molecular flexibility index (Phi) is 11.5. The van der Waals surface area contributed by atoms with E-state index in [1.807, 2.05) is 74.6 Å². The number of hydrogen-bond donors (Lipinski definition) is 0. The summed E-state index contributed by atoms with van der Waals surface area (Å²) in [4.78, 5) is 9.75. The molecule has 3 heterocycles. The van der Waals surface area contributed by atoms with Crippen LogP contribution in [0.15, 0.2) is 120 Å². The maximum Gasteiger partial charge on any atom is 0 e. The molecular formula is C49H51GeIrN3O-2. The van der Waals surface area contributed by atoms with Crippen LogP contribution in [-0.2, 0) is 26.5 Å². The molecule has 0 atom stereocenters. The average Bonchev–Trinajstić information content (AvgIpc) is 3.76. The fourth-order valence-corrected chi connectivity index (χ4v) is 10.2. The molecule has 0 aliphatic carbocycles. The molecule has 1 radical (unpaired) electrons. The zero-order valence-corrected chi connectivity index (χ0v) is 37.8. The average molecular weight is 965 g/mol. The Morgan fingerprint density at radius 2 is 1.45 bits per heavy atom. The second-order valence-corrected chi connectivity index (χ2v) is 26.6. The largest absolute Gasteiger partial charge is 0 e. The van der Waals surface area contributed by atoms with Gasteiger partial charge in [-0.05, 0) is 41.2 Å². The molecule has 55 heavy (non-hydrogen) atoms. The summed E-state index contributed by atoms with van der Waals surface area (Å²) in [6.45, 7) is 12.9. The smallest absolute Gasteiger partial charge is 0 e. The monoisotopic (exact) mass is 966 g/mol. The predicted octanol–water partition coefficient (Wildman–Crippen LogP) is 12.9. The molecule has 4 nitrogen and oxygen atoms in total. The zero-order valence-electron chi connectivity index (χ0n) is 35.3. The number of aromatic nitrogens is 3. The number of fused-ring (bicyclic) bond motifs is 4. The fourth-order valence-electron chi connectivity index (χ4n) is 7.23. The predicted molar refractivity (Wildman–Crippen MR) is 231 cm³/mol. The van der Waals surface area contributed by atoms with Crippen LogP contribution in [0.1, 0.15) is 72.8 Å². The summed E-state index contributed by atoms with van der Waals surface area (Å²) in [5.41, 5.74) is 11.0. The minimum absolute atomic E-state index is 0. The van der Waals surface area contributed by atoms with Crippen LogP contribution in [-0.4, -0.2) is 27.8 Å². The van der Waals surface area contributed by atoms with Crippen LogP contribution in [0.5, 0.6) is 0 Å². The van der Waals surface area contributed by atoms with Crippen molar-refractivity contribution in [3.63, 3.8) is 0 Å². The Balaban J connectivity index is 0.000000208. The summed E-state index contributed by atoms with van der Waals surface area (Å²) in [7, 11) is 0. The molecule has 0 aliphatic rings. The van der Waals surface area contributed by atoms with Crippen molar-refractivity contribution < 1.29 is 27.3 Å². The van der Waals surface area contributed by atoms with E-state index < -0.39 is 19.6 Å². The number of furan rings is 1. The molecule has 5 aromatic carbocycles. The molecule has 0 bridgehead atoms. The van der Waals surface area contributed by atoms with Gasteiger partial charge in [-0.3, -0.25) is 4.98 Å². The molecule has 0 aliphatic heterocycles. The zero-order chi connectivity index (χ0) is 39.9. The van der Waals surface area contributed by atoms with Crippen molar-refractivity contribution in [2.45, 2.75) is 77.0 Å². The molecule has 0 N–H and O–H groups in total. The van der Waals surface area contributed by atoms with Crippen molar-refractivity contribution in [2.24, 2.45) is 5.92 Å². The van der Waals surface area contributed by atoms with Gasteiger partial charge < -0.3 is 8.98 Å². The first-order valence-corrected chi connectivity index (χ1v) is 26.4. The van der Waals surface area contributed by atoms with Crippen molar-refractivity contribution in [3.8, 4) is 28.3 Å². The van der Waals surface area contributed by atoms with Crippen molar-refractivity contribution in [1.29, 1.82) is 0 Å². The summed E-state index contributed by atoms with van der Waals surface area (Å²) in [5, 5.41) is 2.20. The van der Waals surface area contributed by atoms with Crippen LogP contribution in [0.2, 0.25) is 17.3 Å². The molecule has 0 spiro atoms. The standard InChI is InChI=1S/C31H27N2O.C18H24GeN.Ir/c1-19(2)21-12-9-13-22(20(3)4)29(21)33-27-17-7-6-16-26(27)32-31(33)25-15-10-14-24-23-11-5-8-18-28(23)34-30(24)25;1-14(2)11-16-12-18(15-9-7-6-8-10-15)20-13-17(16)19(3,4)5;/h5-14,16-20H,1-4H3;6-9,12-14H,11H2,1-5H3;/q2*-1;/i;11D2;. The Bertz CT molecular complexity index is 2630. The van der Waals surface area contributed by atoms with E-state index in [1.165, 1.54) is 16.8 Å². The second kappa shape index (κ2) is 16.8. The van der Waals surface area contributed by atoms with Gasteiger partial charge in [-0.25, -0.2) is 0 Å². The SMILES string of the molecule is CC(C)c1cccc(C(C)C)c1-n1c(-c2[c-]ccc3c2oc2ccccc23)nc2ccccc21.[2H]C([2H])(c1cc(-c2[c-]cccc2)nc[c]1[Ge]([CH3])([CH3])[CH3])C(C)C.[Ir]. The molecular weight excluding hydrogens is 911 g/mol. The van der Waals surface area contributed by atoms with Gasteiger partial charge in [0.2, 0.25) is 0 Å². The number of pyridine rings is 1. The number of rotatable bonds is 8. The molecule has 0 unspecified atom stereocenters. The van der Waals surface area contributed by atoms with Crippen LogP contribution in [0.3, 0.4) is 0 Å². The molecule has 0 saturated carbocycles. The first-order chi connectivity index (χ1) is 26.7. The summed E-state index contributed by atoms with van der Waals surface area (Å²) >= 11 is -2.20. The van der Waals surface area contributed by atoms with Crippen LogP contribution in [0.25, 0.3) is 61.3 Å². The van der Waals surface area contributed by atoms with Gasteiger partial charge in [0.15, 0.2) is 0 Å². The van der Waals surface area contributed by atoms with Gasteiger partial charge in [0.25, 0.3) is 0 Å². The van der Waals surface area contributed by atoms with Crippen LogP contribution in [0.4, 0.5) is 0 Å². The second-order valence-electron chi connectivity index (χ2n) is 16.0. The summed E-state index contributed by atoms with van der Waals surface area (Å²) in [6.07, 6.45) is 0.562. The van der Waals surface area contributed by atoms with Gasteiger partial charge in [0.1, 0.15) is 5.58 Å². The topological polar surface area (TPSA) is 43.9 Å². The summed E-state index contributed by atoms with van der Waals surface area (Å²) < 4.78 is 27.0. The molecule has 0 saturated heterocycles. The minimum atomic E-state index is -2.20. The molecule has 283 valence electrons. The van der Waals surface area contributed by atoms with Crippen LogP contribution < -0.4 is 4.40 Å². The van der Waals surface area contributed by atoms with E-state index in [-0.39, 0.29) is 26.0 Å². The first kappa shape index (κ1) is 37.6. The Morgan fingerprint density at radius 1 is 0.764 bits per heavy atom. The van der Waals surface area contributed by atoms with Gasteiger partial charge in [-0.15, -0.1) is 18.2 Å². The molecule has 0 amide bonds. The van der Waals surface area contributed by atoms with Gasteiger partial charge >= 0.3 is 128 Å². The number of imidazole rings is 1. The maximum atomic E-state index is 8.56. The summed E-state index contributed by atoms with van der Waals surface area (Å²) in [5.74, 6) is 8.37. The first-order valence-electron chi connectivity index (χ1n) is 20.1. The quantitative estimate of drug-likeness (QED) is 0.113. The number of benzene rings is 5. The number of nitrogens with zero attached hydrogens (tertiary/aromatic N) is 3. The molecule has 6 heteroatoms. The van der Waals surface area contributed by atoms with E-state index in [0.717, 1.165) is 65.6 Å². The van der Waals surface area contributed by atoms with E-state index >= 15 is 0 Å². The maximum absolute atomic E-state index is 8.56. The fraction of sp³-hybridized carbons (Fsp3) is 0.265. The van der Waals surface area contributed by atoms with E-state index in [2.05, 4.69) is 121 Å². The Labute approximate surface area is 345 Å². The molecule has 0 fully saturated rings. The third-order valence-electron chi connectivity index (χ3n) is 9.83.